The van der Waals surface area contributed by atoms with E-state index in [4.69, 9.17) is 20.8 Å². The number of methoxy groups -OCH3 is 1. The first kappa shape index (κ1) is 16.4. The van der Waals surface area contributed by atoms with Gasteiger partial charge in [-0.2, -0.15) is 0 Å². The number of furan rings is 1. The minimum Gasteiger partial charge on any atom is -0.496 e. The average Bonchev–Trinajstić information content (AvgIpc) is 2.71. The topological polar surface area (TPSA) is 42.7 Å². The highest BCUT2D eigenvalue weighted by Gasteiger charge is 2.22. The number of aryl methyl sites for hydroxylation is 2. The van der Waals surface area contributed by atoms with Crippen LogP contribution in [0.5, 0.6) is 5.75 Å². The molecule has 1 aromatic heterocycles. The molecule has 0 N–H and O–H groups in total. The average molecular weight is 322 g/mol. The Labute approximate surface area is 135 Å². The molecular formula is C17H20ClNO3. The number of ether oxygens (including phenoxy) is 1. The van der Waals surface area contributed by atoms with Gasteiger partial charge in [0.05, 0.1) is 12.7 Å². The molecule has 5 heteroatoms. The van der Waals surface area contributed by atoms with E-state index in [1.165, 1.54) is 0 Å². The summed E-state index contributed by atoms with van der Waals surface area (Å²) in [5.74, 6) is 2.05. The lowest BCUT2D eigenvalue weighted by atomic mass is 10.1. The molecular weight excluding hydrogens is 302 g/mol. The van der Waals surface area contributed by atoms with Gasteiger partial charge in [0.15, 0.2) is 0 Å². The van der Waals surface area contributed by atoms with Crippen molar-refractivity contribution in [3.05, 3.63) is 51.4 Å². The number of nitrogens with zero attached hydrogens (tertiary/aromatic N) is 1. The molecule has 0 saturated carbocycles. The minimum absolute atomic E-state index is 0.0751. The van der Waals surface area contributed by atoms with Gasteiger partial charge < -0.3 is 14.1 Å². The first-order chi connectivity index (χ1) is 10.3. The van der Waals surface area contributed by atoms with Crippen LogP contribution in [-0.4, -0.2) is 25.0 Å². The van der Waals surface area contributed by atoms with Gasteiger partial charge in [0.1, 0.15) is 17.3 Å². The molecule has 0 unspecified atom stereocenters. The molecule has 0 bridgehead atoms. The molecule has 1 amide bonds. The van der Waals surface area contributed by atoms with Crippen LogP contribution in [0.15, 0.2) is 22.6 Å². The second-order valence-corrected chi connectivity index (χ2v) is 5.77. The van der Waals surface area contributed by atoms with E-state index in [-0.39, 0.29) is 5.91 Å². The van der Waals surface area contributed by atoms with E-state index < -0.39 is 0 Å². The Balaban J connectivity index is 2.27. The van der Waals surface area contributed by atoms with Crippen LogP contribution < -0.4 is 4.74 Å². The maximum absolute atomic E-state index is 12.7. The second kappa shape index (κ2) is 6.44. The number of carbonyl (C=O) groups is 1. The quantitative estimate of drug-likeness (QED) is 0.850. The molecule has 2 aromatic rings. The van der Waals surface area contributed by atoms with E-state index in [1.807, 2.05) is 19.9 Å². The molecule has 0 radical (unpaired) electrons. The summed E-state index contributed by atoms with van der Waals surface area (Å²) in [6.45, 7) is 5.97. The molecule has 0 fully saturated rings. The Morgan fingerprint density at radius 1 is 1.27 bits per heavy atom. The zero-order valence-corrected chi connectivity index (χ0v) is 14.2. The SMILES string of the molecule is COc1ccc(Cl)cc1CN(C)C(=O)c1c(C)oc(C)c1C. The fourth-order valence-electron chi connectivity index (χ4n) is 2.50. The Bertz CT molecular complexity index is 706. The molecule has 22 heavy (non-hydrogen) atoms. The molecule has 118 valence electrons. The highest BCUT2D eigenvalue weighted by molar-refractivity contribution is 6.30. The second-order valence-electron chi connectivity index (χ2n) is 5.33. The fraction of sp³-hybridized carbons (Fsp3) is 0.353. The molecule has 1 heterocycles. The number of rotatable bonds is 4. The van der Waals surface area contributed by atoms with Gasteiger partial charge >= 0.3 is 0 Å². The van der Waals surface area contributed by atoms with Crippen LogP contribution in [0.1, 0.15) is 33.0 Å². The molecule has 0 spiro atoms. The molecule has 0 saturated heterocycles. The van der Waals surface area contributed by atoms with E-state index in [1.54, 1.807) is 38.1 Å². The van der Waals surface area contributed by atoms with Gasteiger partial charge in [-0.05, 0) is 39.0 Å². The number of hydrogen-bond donors (Lipinski definition) is 0. The van der Waals surface area contributed by atoms with Gasteiger partial charge in [-0.25, -0.2) is 0 Å². The van der Waals surface area contributed by atoms with Crippen LogP contribution in [0.4, 0.5) is 0 Å². The Kier molecular flexibility index (Phi) is 4.81. The molecule has 0 aliphatic heterocycles. The number of halogens is 1. The predicted molar refractivity (Wildman–Crippen MR) is 86.7 cm³/mol. The third-order valence-electron chi connectivity index (χ3n) is 3.77. The number of benzene rings is 1. The van der Waals surface area contributed by atoms with Gasteiger partial charge in [-0.1, -0.05) is 11.6 Å². The predicted octanol–water partition coefficient (Wildman–Crippen LogP) is 4.14. The molecule has 0 atom stereocenters. The van der Waals surface area contributed by atoms with Crippen molar-refractivity contribution < 1.29 is 13.9 Å². The molecule has 1 aromatic carbocycles. The maximum atomic E-state index is 12.7. The van der Waals surface area contributed by atoms with Gasteiger partial charge in [-0.3, -0.25) is 4.79 Å². The summed E-state index contributed by atoms with van der Waals surface area (Å²) < 4.78 is 10.9. The van der Waals surface area contributed by atoms with Gasteiger partial charge in [0.25, 0.3) is 5.91 Å². The monoisotopic (exact) mass is 321 g/mol. The van der Waals surface area contributed by atoms with Crippen molar-refractivity contribution in [3.63, 3.8) is 0 Å². The van der Waals surface area contributed by atoms with Crippen molar-refractivity contribution in [1.82, 2.24) is 4.90 Å². The van der Waals surface area contributed by atoms with Gasteiger partial charge in [0, 0.05) is 29.7 Å². The first-order valence-corrected chi connectivity index (χ1v) is 7.37. The third-order valence-corrected chi connectivity index (χ3v) is 4.01. The highest BCUT2D eigenvalue weighted by atomic mass is 35.5. The largest absolute Gasteiger partial charge is 0.496 e. The van der Waals surface area contributed by atoms with Crippen LogP contribution in [0.2, 0.25) is 5.02 Å². The van der Waals surface area contributed by atoms with Crippen LogP contribution in [0.3, 0.4) is 0 Å². The Morgan fingerprint density at radius 3 is 2.50 bits per heavy atom. The Hall–Kier alpha value is -1.94. The molecule has 0 aliphatic carbocycles. The lowest BCUT2D eigenvalue weighted by Gasteiger charge is -2.19. The molecule has 0 aliphatic rings. The summed E-state index contributed by atoms with van der Waals surface area (Å²) >= 11 is 6.03. The lowest BCUT2D eigenvalue weighted by Crippen LogP contribution is -2.27. The van der Waals surface area contributed by atoms with Crippen molar-refractivity contribution in [2.75, 3.05) is 14.2 Å². The summed E-state index contributed by atoms with van der Waals surface area (Å²) in [4.78, 5) is 14.3. The van der Waals surface area contributed by atoms with Crippen molar-refractivity contribution in [1.29, 1.82) is 0 Å². The highest BCUT2D eigenvalue weighted by Crippen LogP contribution is 2.26. The summed E-state index contributed by atoms with van der Waals surface area (Å²) in [6, 6.07) is 5.37. The smallest absolute Gasteiger partial charge is 0.257 e. The minimum atomic E-state index is -0.0751. The van der Waals surface area contributed by atoms with Crippen LogP contribution in [-0.2, 0) is 6.54 Å². The Morgan fingerprint density at radius 2 is 1.95 bits per heavy atom. The van der Waals surface area contributed by atoms with E-state index in [0.717, 1.165) is 16.9 Å². The van der Waals surface area contributed by atoms with Crippen LogP contribution in [0.25, 0.3) is 0 Å². The zero-order chi connectivity index (χ0) is 16.4. The molecule has 4 nitrogen and oxygen atoms in total. The zero-order valence-electron chi connectivity index (χ0n) is 13.5. The van der Waals surface area contributed by atoms with Crippen molar-refractivity contribution in [2.24, 2.45) is 0 Å². The van der Waals surface area contributed by atoms with Crippen molar-refractivity contribution in [2.45, 2.75) is 27.3 Å². The first-order valence-electron chi connectivity index (χ1n) is 6.99. The van der Waals surface area contributed by atoms with Gasteiger partial charge in [0.2, 0.25) is 0 Å². The van der Waals surface area contributed by atoms with Gasteiger partial charge in [-0.15, -0.1) is 0 Å². The maximum Gasteiger partial charge on any atom is 0.257 e. The van der Waals surface area contributed by atoms with E-state index in [2.05, 4.69) is 0 Å². The number of carbonyl (C=O) groups excluding carboxylic acids is 1. The normalized spacial score (nSPS) is 10.6. The summed E-state index contributed by atoms with van der Waals surface area (Å²) in [5, 5.41) is 0.614. The fourth-order valence-corrected chi connectivity index (χ4v) is 2.69. The lowest BCUT2D eigenvalue weighted by molar-refractivity contribution is 0.0782. The number of amides is 1. The van der Waals surface area contributed by atoms with Crippen molar-refractivity contribution >= 4 is 17.5 Å². The van der Waals surface area contributed by atoms with Crippen molar-refractivity contribution in [3.8, 4) is 5.75 Å². The molecule has 2 rings (SSSR count). The summed E-state index contributed by atoms with van der Waals surface area (Å²) in [5.41, 5.74) is 2.37. The van der Waals surface area contributed by atoms with Crippen LogP contribution >= 0.6 is 11.6 Å². The van der Waals surface area contributed by atoms with Crippen LogP contribution in [0, 0.1) is 20.8 Å². The summed E-state index contributed by atoms with van der Waals surface area (Å²) in [7, 11) is 3.35. The van der Waals surface area contributed by atoms with E-state index in [9.17, 15) is 4.79 Å². The third kappa shape index (κ3) is 3.12. The van der Waals surface area contributed by atoms with E-state index in [0.29, 0.717) is 28.6 Å². The van der Waals surface area contributed by atoms with E-state index >= 15 is 0 Å². The standard InChI is InChI=1S/C17H20ClNO3/c1-10-11(2)22-12(3)16(10)17(20)19(4)9-13-8-14(18)6-7-15(13)21-5/h6-8H,9H2,1-5H3. The number of hydrogen-bond acceptors (Lipinski definition) is 3. The summed E-state index contributed by atoms with van der Waals surface area (Å²) in [6.07, 6.45) is 0.